The van der Waals surface area contributed by atoms with Gasteiger partial charge in [-0.15, -0.1) is 0 Å². The standard InChI is InChI=1S/C21H21BrClN3O3/c1-13(29-19-7-6-14(23)12-16(19)22)20(27)25-10-8-15(9-11-25)26-18-5-3-2-4-17(18)24-21(26)28/h2-7,12-13,15H,8-11H2,1H3,(H,24,28). The molecule has 152 valence electrons. The third-order valence-corrected chi connectivity index (χ3v) is 6.17. The van der Waals surface area contributed by atoms with Gasteiger partial charge < -0.3 is 14.6 Å². The maximum absolute atomic E-state index is 12.8. The number of nitrogens with zero attached hydrogens (tertiary/aromatic N) is 2. The molecule has 0 bridgehead atoms. The van der Waals surface area contributed by atoms with Crippen molar-refractivity contribution in [2.45, 2.75) is 31.9 Å². The topological polar surface area (TPSA) is 67.3 Å². The summed E-state index contributed by atoms with van der Waals surface area (Å²) in [6.07, 6.45) is 0.843. The third-order valence-electron chi connectivity index (χ3n) is 5.31. The lowest BCUT2D eigenvalue weighted by molar-refractivity contribution is -0.139. The lowest BCUT2D eigenvalue weighted by Crippen LogP contribution is -2.45. The molecule has 2 aromatic carbocycles. The fourth-order valence-corrected chi connectivity index (χ4v) is 4.63. The number of imidazole rings is 1. The number of rotatable bonds is 4. The number of aromatic amines is 1. The Morgan fingerprint density at radius 2 is 1.97 bits per heavy atom. The zero-order chi connectivity index (χ0) is 20.5. The third kappa shape index (κ3) is 4.07. The Kier molecular flexibility index (Phi) is 5.69. The molecule has 0 saturated carbocycles. The number of hydrogen-bond acceptors (Lipinski definition) is 3. The fraction of sp³-hybridized carbons (Fsp3) is 0.333. The second-order valence-corrected chi connectivity index (χ2v) is 8.50. The van der Waals surface area contributed by atoms with Crippen molar-refractivity contribution in [3.63, 3.8) is 0 Å². The van der Waals surface area contributed by atoms with Gasteiger partial charge in [-0.3, -0.25) is 9.36 Å². The molecule has 1 amide bonds. The van der Waals surface area contributed by atoms with Gasteiger partial charge in [0.25, 0.3) is 5.91 Å². The van der Waals surface area contributed by atoms with Crippen LogP contribution in [-0.2, 0) is 4.79 Å². The molecule has 4 rings (SSSR count). The summed E-state index contributed by atoms with van der Waals surface area (Å²) in [6, 6.07) is 13.0. The van der Waals surface area contributed by atoms with Crippen LogP contribution in [0.15, 0.2) is 51.7 Å². The summed E-state index contributed by atoms with van der Waals surface area (Å²) in [5.74, 6) is 0.520. The average Bonchev–Trinajstić information content (AvgIpc) is 3.05. The average molecular weight is 479 g/mol. The van der Waals surface area contributed by atoms with Crippen LogP contribution < -0.4 is 10.4 Å². The molecular formula is C21H21BrClN3O3. The number of hydrogen-bond donors (Lipinski definition) is 1. The van der Waals surface area contributed by atoms with Crippen molar-refractivity contribution in [2.24, 2.45) is 0 Å². The van der Waals surface area contributed by atoms with Crippen molar-refractivity contribution < 1.29 is 9.53 Å². The highest BCUT2D eigenvalue weighted by atomic mass is 79.9. The van der Waals surface area contributed by atoms with Crippen LogP contribution in [0.4, 0.5) is 0 Å². The molecule has 2 heterocycles. The first-order valence-corrected chi connectivity index (χ1v) is 10.7. The first kappa shape index (κ1) is 20.0. The number of likely N-dealkylation sites (tertiary alicyclic amines) is 1. The van der Waals surface area contributed by atoms with E-state index >= 15 is 0 Å². The molecule has 1 aliphatic rings. The molecule has 1 aliphatic heterocycles. The van der Waals surface area contributed by atoms with Crippen molar-refractivity contribution in [1.29, 1.82) is 0 Å². The highest BCUT2D eigenvalue weighted by Gasteiger charge is 2.29. The molecule has 3 aromatic rings. The molecule has 6 nitrogen and oxygen atoms in total. The van der Waals surface area contributed by atoms with Crippen LogP contribution in [-0.4, -0.2) is 39.6 Å². The van der Waals surface area contributed by atoms with Crippen LogP contribution in [0.2, 0.25) is 5.02 Å². The molecule has 0 aliphatic carbocycles. The van der Waals surface area contributed by atoms with Crippen molar-refractivity contribution in [2.75, 3.05) is 13.1 Å². The first-order chi connectivity index (χ1) is 13.9. The quantitative estimate of drug-likeness (QED) is 0.605. The Morgan fingerprint density at radius 3 is 2.69 bits per heavy atom. The molecule has 1 fully saturated rings. The summed E-state index contributed by atoms with van der Waals surface area (Å²) in [6.45, 7) is 2.93. The maximum Gasteiger partial charge on any atom is 0.326 e. The van der Waals surface area contributed by atoms with Gasteiger partial charge in [0.2, 0.25) is 0 Å². The fourth-order valence-electron chi connectivity index (χ4n) is 3.85. The van der Waals surface area contributed by atoms with Gasteiger partial charge in [-0.25, -0.2) is 4.79 Å². The predicted octanol–water partition coefficient (Wildman–Crippen LogP) is 4.38. The van der Waals surface area contributed by atoms with Crippen LogP contribution in [0, 0.1) is 0 Å². The molecular weight excluding hydrogens is 458 g/mol. The van der Waals surface area contributed by atoms with E-state index in [2.05, 4.69) is 20.9 Å². The lowest BCUT2D eigenvalue weighted by atomic mass is 10.0. The van der Waals surface area contributed by atoms with Gasteiger partial charge in [0, 0.05) is 24.2 Å². The van der Waals surface area contributed by atoms with E-state index in [1.807, 2.05) is 33.7 Å². The number of aromatic nitrogens is 2. The van der Waals surface area contributed by atoms with Crippen molar-refractivity contribution in [3.05, 3.63) is 62.4 Å². The van der Waals surface area contributed by atoms with Gasteiger partial charge in [-0.1, -0.05) is 23.7 Å². The molecule has 1 saturated heterocycles. The van der Waals surface area contributed by atoms with E-state index in [-0.39, 0.29) is 17.6 Å². The SMILES string of the molecule is CC(Oc1ccc(Cl)cc1Br)C(=O)N1CCC(n2c(=O)[nH]c3ccccc32)CC1. The molecule has 29 heavy (non-hydrogen) atoms. The number of benzene rings is 2. The number of ether oxygens (including phenoxy) is 1. The Morgan fingerprint density at radius 1 is 1.24 bits per heavy atom. The van der Waals surface area contributed by atoms with Crippen LogP contribution in [0.1, 0.15) is 25.8 Å². The zero-order valence-corrected chi connectivity index (χ0v) is 18.2. The van der Waals surface area contributed by atoms with E-state index in [0.717, 1.165) is 23.9 Å². The van der Waals surface area contributed by atoms with E-state index < -0.39 is 6.10 Å². The largest absolute Gasteiger partial charge is 0.480 e. The number of halogens is 2. The maximum atomic E-state index is 12.8. The summed E-state index contributed by atoms with van der Waals surface area (Å²) < 4.78 is 8.37. The molecule has 1 atom stereocenters. The number of piperidine rings is 1. The zero-order valence-electron chi connectivity index (χ0n) is 15.9. The number of amides is 1. The van der Waals surface area contributed by atoms with Crippen LogP contribution in [0.3, 0.4) is 0 Å². The number of H-pyrrole nitrogens is 1. The number of carbonyl (C=O) groups excluding carboxylic acids is 1. The van der Waals surface area contributed by atoms with Crippen LogP contribution in [0.25, 0.3) is 11.0 Å². The van der Waals surface area contributed by atoms with Crippen LogP contribution in [0.5, 0.6) is 5.75 Å². The van der Waals surface area contributed by atoms with Gasteiger partial charge in [-0.2, -0.15) is 0 Å². The summed E-state index contributed by atoms with van der Waals surface area (Å²) in [5.41, 5.74) is 1.65. The minimum Gasteiger partial charge on any atom is -0.480 e. The minimum absolute atomic E-state index is 0.0587. The normalized spacial score (nSPS) is 16.2. The molecule has 1 aromatic heterocycles. The summed E-state index contributed by atoms with van der Waals surface area (Å²) in [5, 5.41) is 0.595. The van der Waals surface area contributed by atoms with E-state index in [4.69, 9.17) is 16.3 Å². The monoisotopic (exact) mass is 477 g/mol. The van der Waals surface area contributed by atoms with Gasteiger partial charge in [0.15, 0.2) is 6.10 Å². The lowest BCUT2D eigenvalue weighted by Gasteiger charge is -2.34. The van der Waals surface area contributed by atoms with E-state index in [1.165, 1.54) is 0 Å². The second kappa shape index (κ2) is 8.24. The van der Waals surface area contributed by atoms with Gasteiger partial charge in [0.1, 0.15) is 5.75 Å². The summed E-state index contributed by atoms with van der Waals surface area (Å²) in [4.78, 5) is 30.0. The highest BCUT2D eigenvalue weighted by molar-refractivity contribution is 9.10. The summed E-state index contributed by atoms with van der Waals surface area (Å²) >= 11 is 9.36. The highest BCUT2D eigenvalue weighted by Crippen LogP contribution is 2.30. The minimum atomic E-state index is -0.611. The smallest absolute Gasteiger partial charge is 0.326 e. The van der Waals surface area contributed by atoms with Gasteiger partial charge >= 0.3 is 5.69 Å². The van der Waals surface area contributed by atoms with E-state index in [0.29, 0.717) is 28.3 Å². The number of para-hydroxylation sites is 2. The number of nitrogens with one attached hydrogen (secondary N) is 1. The first-order valence-electron chi connectivity index (χ1n) is 9.54. The molecule has 1 N–H and O–H groups in total. The Hall–Kier alpha value is -2.25. The molecule has 0 radical (unpaired) electrons. The van der Waals surface area contributed by atoms with E-state index in [1.54, 1.807) is 25.1 Å². The van der Waals surface area contributed by atoms with Crippen LogP contribution >= 0.6 is 27.5 Å². The Balaban J connectivity index is 1.41. The van der Waals surface area contributed by atoms with Crippen molar-refractivity contribution in [3.8, 4) is 5.75 Å². The van der Waals surface area contributed by atoms with Gasteiger partial charge in [0.05, 0.1) is 15.5 Å². The predicted molar refractivity (Wildman–Crippen MR) is 117 cm³/mol. The van der Waals surface area contributed by atoms with Gasteiger partial charge in [-0.05, 0) is 66.0 Å². The summed E-state index contributed by atoms with van der Waals surface area (Å²) in [7, 11) is 0. The number of carbonyl (C=O) groups is 1. The van der Waals surface area contributed by atoms with Crippen molar-refractivity contribution >= 4 is 44.5 Å². The Labute approximate surface area is 181 Å². The van der Waals surface area contributed by atoms with Crippen molar-refractivity contribution in [1.82, 2.24) is 14.5 Å². The molecule has 0 spiro atoms. The molecule has 8 heteroatoms. The molecule has 1 unspecified atom stereocenters. The van der Waals surface area contributed by atoms with E-state index in [9.17, 15) is 9.59 Å². The Bertz CT molecular complexity index is 1100. The second-order valence-electron chi connectivity index (χ2n) is 7.21. The number of fused-ring (bicyclic) bond motifs is 1.